The van der Waals surface area contributed by atoms with Gasteiger partial charge in [-0.1, -0.05) is 6.07 Å². The van der Waals surface area contributed by atoms with Crippen LogP contribution in [0.5, 0.6) is 5.75 Å². The van der Waals surface area contributed by atoms with Crippen molar-refractivity contribution in [2.45, 2.75) is 31.6 Å². The molecule has 2 fully saturated rings. The van der Waals surface area contributed by atoms with E-state index in [0.717, 1.165) is 6.42 Å². The Hall–Kier alpha value is -2.15. The third-order valence-electron chi connectivity index (χ3n) is 3.95. The highest BCUT2D eigenvalue weighted by atomic mass is 19.1. The molecule has 2 heterocycles. The molecule has 0 aromatic heterocycles. The predicted molar refractivity (Wildman–Crippen MR) is 78.7 cm³/mol. The molecular weight excluding hydrogens is 303 g/mol. The Bertz CT molecular complexity index is 622. The number of carbonyl (C=O) groups excluding carboxylic acids is 2. The number of halogens is 1. The smallest absolute Gasteiger partial charge is 0.247 e. The summed E-state index contributed by atoms with van der Waals surface area (Å²) >= 11 is 0. The van der Waals surface area contributed by atoms with Crippen molar-refractivity contribution in [1.82, 2.24) is 4.90 Å². The number of hydrogen-bond acceptors (Lipinski definition) is 4. The van der Waals surface area contributed by atoms with Gasteiger partial charge in [-0.15, -0.1) is 0 Å². The Morgan fingerprint density at radius 1 is 1.48 bits per heavy atom. The normalized spacial score (nSPS) is 24.2. The summed E-state index contributed by atoms with van der Waals surface area (Å²) in [6.45, 7) is 1.13. The Kier molecular flexibility index (Phi) is 4.47. The highest BCUT2D eigenvalue weighted by molar-refractivity contribution is 5.80. The van der Waals surface area contributed by atoms with Crippen LogP contribution in [0.2, 0.25) is 0 Å². The number of hydrogen-bond donors (Lipinski definition) is 1. The first-order valence-corrected chi connectivity index (χ1v) is 7.51. The summed E-state index contributed by atoms with van der Waals surface area (Å²) in [5.41, 5.74) is 5.60. The Labute approximate surface area is 133 Å². The number of ether oxygens (including phenoxy) is 2. The highest BCUT2D eigenvalue weighted by Crippen LogP contribution is 2.23. The predicted octanol–water partition coefficient (Wildman–Crippen LogP) is 0.784. The van der Waals surface area contributed by atoms with Crippen molar-refractivity contribution in [3.8, 4) is 5.75 Å². The van der Waals surface area contributed by atoms with E-state index in [4.69, 9.17) is 15.2 Å². The number of primary amides is 1. The number of rotatable bonds is 5. The van der Waals surface area contributed by atoms with Gasteiger partial charge in [0, 0.05) is 37.6 Å². The Morgan fingerprint density at radius 3 is 2.91 bits per heavy atom. The molecule has 2 saturated heterocycles. The molecule has 7 heteroatoms. The molecular formula is C16H18FN2O4. The summed E-state index contributed by atoms with van der Waals surface area (Å²) in [6, 6.07) is 4.53. The second kappa shape index (κ2) is 6.54. The second-order valence-electron chi connectivity index (χ2n) is 5.68. The number of amides is 2. The van der Waals surface area contributed by atoms with Crippen LogP contribution >= 0.6 is 0 Å². The zero-order valence-corrected chi connectivity index (χ0v) is 12.5. The molecule has 2 atom stereocenters. The number of benzene rings is 1. The van der Waals surface area contributed by atoms with Crippen LogP contribution in [-0.4, -0.2) is 42.1 Å². The lowest BCUT2D eigenvalue weighted by Crippen LogP contribution is -2.28. The molecule has 0 spiro atoms. The van der Waals surface area contributed by atoms with Crippen molar-refractivity contribution in [3.05, 3.63) is 36.0 Å². The standard InChI is InChI=1S/C16H18FN2O4/c17-13-6-11(23-12-7-14(16(18)21)22-9-12)4-3-10(13)8-19-5-1-2-15(19)20/h3-4,6-7,12,14H,1-2,5,8-9H2,(H2,18,21). The fourth-order valence-electron chi connectivity index (χ4n) is 2.74. The molecule has 2 aliphatic heterocycles. The van der Waals surface area contributed by atoms with Crippen molar-refractivity contribution in [2.75, 3.05) is 13.2 Å². The van der Waals surface area contributed by atoms with Crippen molar-refractivity contribution >= 4 is 11.8 Å². The van der Waals surface area contributed by atoms with E-state index in [1.165, 1.54) is 6.07 Å². The van der Waals surface area contributed by atoms with E-state index in [1.54, 1.807) is 23.5 Å². The van der Waals surface area contributed by atoms with Crippen LogP contribution in [0.1, 0.15) is 18.4 Å². The summed E-state index contributed by atoms with van der Waals surface area (Å²) in [5.74, 6) is -0.602. The van der Waals surface area contributed by atoms with Crippen molar-refractivity contribution in [3.63, 3.8) is 0 Å². The van der Waals surface area contributed by atoms with E-state index in [9.17, 15) is 14.0 Å². The van der Waals surface area contributed by atoms with Gasteiger partial charge in [0.15, 0.2) is 0 Å². The molecule has 0 bridgehead atoms. The third kappa shape index (κ3) is 3.61. The van der Waals surface area contributed by atoms with Crippen LogP contribution in [0.3, 0.4) is 0 Å². The SMILES string of the molecule is NC(=O)C1[CH]C(Oc2ccc(CN3CCCC3=O)c(F)c2)CO1. The van der Waals surface area contributed by atoms with Crippen molar-refractivity contribution in [2.24, 2.45) is 5.73 Å². The first-order valence-electron chi connectivity index (χ1n) is 7.51. The zero-order chi connectivity index (χ0) is 16.4. The first kappa shape index (κ1) is 15.7. The topological polar surface area (TPSA) is 81.9 Å². The van der Waals surface area contributed by atoms with Crippen LogP contribution < -0.4 is 10.5 Å². The van der Waals surface area contributed by atoms with Gasteiger partial charge >= 0.3 is 0 Å². The average Bonchev–Trinajstić information content (AvgIpc) is 3.12. The highest BCUT2D eigenvalue weighted by Gasteiger charge is 2.31. The largest absolute Gasteiger partial charge is 0.487 e. The van der Waals surface area contributed by atoms with E-state index < -0.39 is 23.9 Å². The molecule has 1 radical (unpaired) electrons. The van der Waals surface area contributed by atoms with Crippen LogP contribution in [-0.2, 0) is 20.9 Å². The van der Waals surface area contributed by atoms with Gasteiger partial charge in [0.05, 0.1) is 6.61 Å². The van der Waals surface area contributed by atoms with E-state index in [-0.39, 0.29) is 19.1 Å². The summed E-state index contributed by atoms with van der Waals surface area (Å²) in [5, 5.41) is 0. The minimum atomic E-state index is -0.773. The van der Waals surface area contributed by atoms with Gasteiger partial charge in [0.2, 0.25) is 11.8 Å². The third-order valence-corrected chi connectivity index (χ3v) is 3.95. The monoisotopic (exact) mass is 321 g/mol. The maximum atomic E-state index is 14.2. The maximum Gasteiger partial charge on any atom is 0.247 e. The number of nitrogens with two attached hydrogens (primary N) is 1. The van der Waals surface area contributed by atoms with E-state index in [0.29, 0.717) is 24.3 Å². The number of carbonyl (C=O) groups is 2. The van der Waals surface area contributed by atoms with E-state index in [1.807, 2.05) is 0 Å². The lowest BCUT2D eigenvalue weighted by molar-refractivity contribution is -0.128. The van der Waals surface area contributed by atoms with Crippen LogP contribution in [0, 0.1) is 12.2 Å². The lowest BCUT2D eigenvalue weighted by Gasteiger charge is -2.17. The van der Waals surface area contributed by atoms with Crippen LogP contribution in [0.15, 0.2) is 18.2 Å². The molecule has 0 aliphatic carbocycles. The fourth-order valence-corrected chi connectivity index (χ4v) is 2.74. The second-order valence-corrected chi connectivity index (χ2v) is 5.68. The van der Waals surface area contributed by atoms with Gasteiger partial charge in [0.25, 0.3) is 0 Å². The maximum absolute atomic E-state index is 14.2. The number of nitrogens with zero attached hydrogens (tertiary/aromatic N) is 1. The molecule has 23 heavy (non-hydrogen) atoms. The summed E-state index contributed by atoms with van der Waals surface area (Å²) < 4.78 is 24.9. The molecule has 6 nitrogen and oxygen atoms in total. The first-order chi connectivity index (χ1) is 11.0. The van der Waals surface area contributed by atoms with Gasteiger partial charge in [-0.05, 0) is 12.5 Å². The Balaban J connectivity index is 1.61. The van der Waals surface area contributed by atoms with Crippen LogP contribution in [0.4, 0.5) is 4.39 Å². The van der Waals surface area contributed by atoms with Gasteiger partial charge in [-0.3, -0.25) is 9.59 Å². The molecule has 2 unspecified atom stereocenters. The van der Waals surface area contributed by atoms with E-state index in [2.05, 4.69) is 0 Å². The molecule has 123 valence electrons. The van der Waals surface area contributed by atoms with Crippen molar-refractivity contribution < 1.29 is 23.5 Å². The van der Waals surface area contributed by atoms with Crippen LogP contribution in [0.25, 0.3) is 0 Å². The van der Waals surface area contributed by atoms with Gasteiger partial charge in [0.1, 0.15) is 23.8 Å². The average molecular weight is 321 g/mol. The summed E-state index contributed by atoms with van der Waals surface area (Å²) in [6.07, 6.45) is 1.68. The lowest BCUT2D eigenvalue weighted by atomic mass is 10.1. The van der Waals surface area contributed by atoms with Crippen molar-refractivity contribution in [1.29, 1.82) is 0 Å². The van der Waals surface area contributed by atoms with Gasteiger partial charge < -0.3 is 20.1 Å². The number of likely N-dealkylation sites (tertiary alicyclic amines) is 1. The molecule has 1 aromatic carbocycles. The summed E-state index contributed by atoms with van der Waals surface area (Å²) in [4.78, 5) is 24.3. The van der Waals surface area contributed by atoms with E-state index >= 15 is 0 Å². The zero-order valence-electron chi connectivity index (χ0n) is 12.5. The summed E-state index contributed by atoms with van der Waals surface area (Å²) in [7, 11) is 0. The fraction of sp³-hybridized carbons (Fsp3) is 0.438. The molecule has 0 saturated carbocycles. The molecule has 3 rings (SSSR count). The minimum Gasteiger partial charge on any atom is -0.487 e. The van der Waals surface area contributed by atoms with Gasteiger partial charge in [-0.25, -0.2) is 4.39 Å². The Morgan fingerprint density at radius 2 is 2.30 bits per heavy atom. The quantitative estimate of drug-likeness (QED) is 0.869. The van der Waals surface area contributed by atoms with Gasteiger partial charge in [-0.2, -0.15) is 0 Å². The molecule has 1 aromatic rings. The molecule has 2 amide bonds. The molecule has 2 N–H and O–H groups in total. The molecule has 2 aliphatic rings. The minimum absolute atomic E-state index is 0.0555.